The molecule has 0 radical (unpaired) electrons. The minimum Gasteiger partial charge on any atom is -0.492 e. The average Bonchev–Trinajstić information content (AvgIpc) is 3.27. The zero-order valence-corrected chi connectivity index (χ0v) is 14.0. The molecular weight excluding hydrogens is 322 g/mol. The Morgan fingerprint density at radius 3 is 3.08 bits per heavy atom. The summed E-state index contributed by atoms with van der Waals surface area (Å²) in [6.07, 6.45) is 6.63. The van der Waals surface area contributed by atoms with E-state index >= 15 is 0 Å². The van der Waals surface area contributed by atoms with Crippen LogP contribution in [0.5, 0.6) is 5.75 Å². The molecule has 0 aliphatic carbocycles. The number of imidazole rings is 1. The van der Waals surface area contributed by atoms with Crippen LogP contribution >= 0.6 is 11.3 Å². The number of benzene rings is 1. The fourth-order valence-corrected chi connectivity index (χ4v) is 2.97. The topological polar surface area (TPSA) is 56.1 Å². The van der Waals surface area contributed by atoms with Gasteiger partial charge < -0.3 is 14.6 Å². The molecule has 0 atom stereocenters. The van der Waals surface area contributed by atoms with Gasteiger partial charge in [-0.1, -0.05) is 6.07 Å². The van der Waals surface area contributed by atoms with Crippen molar-refractivity contribution in [3.63, 3.8) is 0 Å². The largest absolute Gasteiger partial charge is 0.492 e. The lowest BCUT2D eigenvalue weighted by atomic mass is 10.2. The number of ether oxygens (including phenoxy) is 1. The number of amides is 1. The second-order valence-electron chi connectivity index (χ2n) is 5.36. The molecule has 1 amide bonds. The number of anilines is 1. The minimum atomic E-state index is 0.0109. The standard InChI is InChI=1S/C18H19N3O2S/c22-18(5-4-15-6-11-24-13-15)20-16-2-1-3-17(12-16)23-10-9-21-8-7-19-14-21/h1-3,6-8,11-14H,4-5,9-10H2,(H,20,22). The molecule has 1 N–H and O–H groups in total. The van der Waals surface area contributed by atoms with Crippen LogP contribution in [0.15, 0.2) is 59.8 Å². The van der Waals surface area contributed by atoms with Crippen molar-refractivity contribution in [1.82, 2.24) is 9.55 Å². The first-order valence-corrected chi connectivity index (χ1v) is 8.73. The van der Waals surface area contributed by atoms with Gasteiger partial charge in [0.25, 0.3) is 0 Å². The first-order valence-electron chi connectivity index (χ1n) is 7.79. The average molecular weight is 341 g/mol. The molecule has 1 aromatic carbocycles. The molecule has 0 aliphatic rings. The monoisotopic (exact) mass is 341 g/mol. The number of hydrogen-bond donors (Lipinski definition) is 1. The number of hydrogen-bond acceptors (Lipinski definition) is 4. The van der Waals surface area contributed by atoms with Gasteiger partial charge in [0.15, 0.2) is 0 Å². The Hall–Kier alpha value is -2.60. The van der Waals surface area contributed by atoms with Crippen LogP contribution in [-0.4, -0.2) is 22.1 Å². The van der Waals surface area contributed by atoms with Crippen molar-refractivity contribution in [3.05, 3.63) is 65.4 Å². The quantitative estimate of drug-likeness (QED) is 0.681. The number of rotatable bonds is 8. The van der Waals surface area contributed by atoms with Crippen molar-refractivity contribution in [3.8, 4) is 5.75 Å². The van der Waals surface area contributed by atoms with Crippen LogP contribution in [-0.2, 0) is 17.8 Å². The fraction of sp³-hybridized carbons (Fsp3) is 0.222. The summed E-state index contributed by atoms with van der Waals surface area (Å²) in [5.41, 5.74) is 1.96. The molecule has 6 heteroatoms. The summed E-state index contributed by atoms with van der Waals surface area (Å²) in [5, 5.41) is 7.02. The summed E-state index contributed by atoms with van der Waals surface area (Å²) >= 11 is 1.65. The summed E-state index contributed by atoms with van der Waals surface area (Å²) in [6, 6.07) is 9.52. The highest BCUT2D eigenvalue weighted by molar-refractivity contribution is 7.07. The number of aryl methyl sites for hydroxylation is 1. The van der Waals surface area contributed by atoms with Gasteiger partial charge in [0.2, 0.25) is 5.91 Å². The summed E-state index contributed by atoms with van der Waals surface area (Å²) in [4.78, 5) is 16.0. The predicted molar refractivity (Wildman–Crippen MR) is 95.4 cm³/mol. The Kier molecular flexibility index (Phi) is 5.63. The van der Waals surface area contributed by atoms with Gasteiger partial charge in [0, 0.05) is 30.6 Å². The summed E-state index contributed by atoms with van der Waals surface area (Å²) < 4.78 is 7.68. The minimum absolute atomic E-state index is 0.0109. The van der Waals surface area contributed by atoms with Gasteiger partial charge in [-0.3, -0.25) is 4.79 Å². The van der Waals surface area contributed by atoms with E-state index in [0.29, 0.717) is 13.0 Å². The number of nitrogens with zero attached hydrogens (tertiary/aromatic N) is 2. The number of carbonyl (C=O) groups is 1. The van der Waals surface area contributed by atoms with Gasteiger partial charge in [-0.05, 0) is 40.9 Å². The third-order valence-corrected chi connectivity index (χ3v) is 4.25. The number of aromatic nitrogens is 2. The van der Waals surface area contributed by atoms with E-state index in [1.54, 1.807) is 23.9 Å². The van der Waals surface area contributed by atoms with Gasteiger partial charge in [0.1, 0.15) is 12.4 Å². The van der Waals surface area contributed by atoms with E-state index in [4.69, 9.17) is 4.74 Å². The summed E-state index contributed by atoms with van der Waals surface area (Å²) in [7, 11) is 0. The Labute approximate surface area is 144 Å². The van der Waals surface area contributed by atoms with E-state index in [9.17, 15) is 4.79 Å². The smallest absolute Gasteiger partial charge is 0.224 e. The lowest BCUT2D eigenvalue weighted by molar-refractivity contribution is -0.116. The molecule has 0 bridgehead atoms. The molecule has 24 heavy (non-hydrogen) atoms. The molecule has 2 aromatic heterocycles. The summed E-state index contributed by atoms with van der Waals surface area (Å²) in [6.45, 7) is 1.28. The van der Waals surface area contributed by atoms with Gasteiger partial charge >= 0.3 is 0 Å². The van der Waals surface area contributed by atoms with Crippen molar-refractivity contribution < 1.29 is 9.53 Å². The highest BCUT2D eigenvalue weighted by Crippen LogP contribution is 2.18. The van der Waals surface area contributed by atoms with Crippen molar-refractivity contribution in [2.24, 2.45) is 0 Å². The van der Waals surface area contributed by atoms with E-state index in [0.717, 1.165) is 24.4 Å². The molecule has 0 saturated heterocycles. The highest BCUT2D eigenvalue weighted by Gasteiger charge is 2.05. The highest BCUT2D eigenvalue weighted by atomic mass is 32.1. The van der Waals surface area contributed by atoms with Crippen molar-refractivity contribution >= 4 is 22.9 Å². The molecule has 0 fully saturated rings. The maximum atomic E-state index is 12.0. The van der Waals surface area contributed by atoms with E-state index in [1.807, 2.05) is 46.5 Å². The van der Waals surface area contributed by atoms with Crippen LogP contribution in [0.1, 0.15) is 12.0 Å². The Balaban J connectivity index is 1.46. The molecule has 3 rings (SSSR count). The lowest BCUT2D eigenvalue weighted by Crippen LogP contribution is -2.12. The van der Waals surface area contributed by atoms with E-state index < -0.39 is 0 Å². The second-order valence-corrected chi connectivity index (χ2v) is 6.14. The van der Waals surface area contributed by atoms with E-state index in [1.165, 1.54) is 5.56 Å². The molecule has 2 heterocycles. The molecule has 0 spiro atoms. The van der Waals surface area contributed by atoms with Gasteiger partial charge in [-0.2, -0.15) is 11.3 Å². The van der Waals surface area contributed by atoms with Crippen LogP contribution in [0.3, 0.4) is 0 Å². The lowest BCUT2D eigenvalue weighted by Gasteiger charge is -2.09. The third-order valence-electron chi connectivity index (χ3n) is 3.52. The zero-order chi connectivity index (χ0) is 16.6. The molecule has 0 saturated carbocycles. The van der Waals surface area contributed by atoms with Crippen LogP contribution < -0.4 is 10.1 Å². The SMILES string of the molecule is O=C(CCc1ccsc1)Nc1cccc(OCCn2ccnc2)c1. The molecule has 3 aromatic rings. The molecule has 0 unspecified atom stereocenters. The zero-order valence-electron chi connectivity index (χ0n) is 13.2. The maximum absolute atomic E-state index is 12.0. The van der Waals surface area contributed by atoms with Crippen LogP contribution in [0, 0.1) is 0 Å². The fourth-order valence-electron chi connectivity index (χ4n) is 2.27. The summed E-state index contributed by atoms with van der Waals surface area (Å²) in [5.74, 6) is 0.752. The second kappa shape index (κ2) is 8.31. The molecule has 0 aliphatic heterocycles. The third kappa shape index (κ3) is 4.96. The Morgan fingerprint density at radius 1 is 1.33 bits per heavy atom. The Bertz CT molecular complexity index is 754. The van der Waals surface area contributed by atoms with Crippen LogP contribution in [0.25, 0.3) is 0 Å². The van der Waals surface area contributed by atoms with Crippen molar-refractivity contribution in [2.45, 2.75) is 19.4 Å². The van der Waals surface area contributed by atoms with Crippen molar-refractivity contribution in [1.29, 1.82) is 0 Å². The first-order chi connectivity index (χ1) is 11.8. The molecular formula is C18H19N3O2S. The molecule has 5 nitrogen and oxygen atoms in total. The normalized spacial score (nSPS) is 10.5. The predicted octanol–water partition coefficient (Wildman–Crippen LogP) is 3.59. The van der Waals surface area contributed by atoms with Crippen LogP contribution in [0.4, 0.5) is 5.69 Å². The van der Waals surface area contributed by atoms with Gasteiger partial charge in [-0.25, -0.2) is 4.98 Å². The molecule has 124 valence electrons. The first kappa shape index (κ1) is 16.3. The number of carbonyl (C=O) groups excluding carboxylic acids is 1. The van der Waals surface area contributed by atoms with Crippen molar-refractivity contribution in [2.75, 3.05) is 11.9 Å². The maximum Gasteiger partial charge on any atom is 0.224 e. The number of thiophene rings is 1. The van der Waals surface area contributed by atoms with Crippen LogP contribution in [0.2, 0.25) is 0 Å². The van der Waals surface area contributed by atoms with E-state index in [2.05, 4.69) is 15.7 Å². The number of nitrogens with one attached hydrogen (secondary N) is 1. The Morgan fingerprint density at radius 2 is 2.29 bits per heavy atom. The van der Waals surface area contributed by atoms with Gasteiger partial charge in [0.05, 0.1) is 12.9 Å². The van der Waals surface area contributed by atoms with Gasteiger partial charge in [-0.15, -0.1) is 0 Å². The van der Waals surface area contributed by atoms with E-state index in [-0.39, 0.29) is 5.91 Å².